The molecule has 8 atom stereocenters. The van der Waals surface area contributed by atoms with Gasteiger partial charge in [0.1, 0.15) is 36.3 Å². The van der Waals surface area contributed by atoms with Crippen molar-refractivity contribution in [2.24, 2.45) is 41.1 Å². The molecule has 0 unspecified atom stereocenters. The topological polar surface area (TPSA) is 220 Å². The van der Waals surface area contributed by atoms with E-state index >= 15 is 0 Å². The zero-order chi connectivity index (χ0) is 49.0. The van der Waals surface area contributed by atoms with Crippen LogP contribution in [0.3, 0.4) is 0 Å². The number of aliphatic hydroxyl groups is 1. The number of thioether (sulfide) groups is 1. The van der Waals surface area contributed by atoms with Crippen molar-refractivity contribution >= 4 is 53.1 Å². The van der Waals surface area contributed by atoms with Crippen LogP contribution >= 0.6 is 11.8 Å². The van der Waals surface area contributed by atoms with Crippen LogP contribution in [-0.2, 0) is 33.6 Å². The van der Waals surface area contributed by atoms with E-state index in [9.17, 15) is 38.7 Å². The van der Waals surface area contributed by atoms with Gasteiger partial charge >= 0.3 is 0 Å². The molecule has 0 aromatic carbocycles. The molecule has 0 radical (unpaired) electrons. The Balaban J connectivity index is 7.07. The zero-order valence-corrected chi connectivity index (χ0v) is 42.4. The van der Waals surface area contributed by atoms with Crippen LogP contribution in [0.4, 0.5) is 0 Å². The molecule has 0 saturated heterocycles. The van der Waals surface area contributed by atoms with Crippen LogP contribution in [0.15, 0.2) is 12.2 Å². The lowest BCUT2D eigenvalue weighted by atomic mass is 9.91. The second-order valence-electron chi connectivity index (χ2n) is 18.7. The van der Waals surface area contributed by atoms with E-state index in [1.54, 1.807) is 34.7 Å². The Morgan fingerprint density at radius 1 is 0.683 bits per heavy atom. The number of likely N-dealkylation sites (N-methyl/N-ethyl adjacent to an activating group) is 5. The van der Waals surface area contributed by atoms with Gasteiger partial charge in [-0.1, -0.05) is 81.4 Å². The fourth-order valence-corrected chi connectivity index (χ4v) is 8.46. The highest BCUT2D eigenvalue weighted by Gasteiger charge is 2.44. The largest absolute Gasteiger partial charge is 0.390 e. The second-order valence-corrected chi connectivity index (χ2v) is 19.8. The SMILES string of the molecule is C/C=C/C[C@@H](C)[C@@H](O)[C@@H](C(=O)N[C@@H](CC)C(=O)N(C)[C@H](CSCCN)C(=O)N(C)[C@@H](CC(C)C)C(N)=O)N(C)C(=O)[C@H](C(C)C)N(C)C(=O)[C@H](CC(C)C)N(C)C(=O)CCC(C)C. The molecular weight excluding hydrogens is 825 g/mol. The molecule has 364 valence electrons. The summed E-state index contributed by atoms with van der Waals surface area (Å²) in [4.78, 5) is 104. The molecule has 0 aromatic heterocycles. The number of hydrogen-bond acceptors (Lipinski definition) is 10. The molecule has 0 spiro atoms. The van der Waals surface area contributed by atoms with Crippen LogP contribution in [0.25, 0.3) is 0 Å². The van der Waals surface area contributed by atoms with Gasteiger partial charge < -0.3 is 46.4 Å². The third-order valence-corrected chi connectivity index (χ3v) is 12.7. The molecule has 16 nitrogen and oxygen atoms in total. The molecule has 0 aliphatic carbocycles. The Morgan fingerprint density at radius 3 is 1.65 bits per heavy atom. The van der Waals surface area contributed by atoms with Crippen molar-refractivity contribution in [2.75, 3.05) is 53.3 Å². The maximum atomic E-state index is 14.7. The lowest BCUT2D eigenvalue weighted by Crippen LogP contribution is -2.63. The number of nitrogens with two attached hydrogens (primary N) is 2. The number of allylic oxidation sites excluding steroid dienone is 2. The van der Waals surface area contributed by atoms with Gasteiger partial charge in [-0.05, 0) is 68.6 Å². The molecule has 0 aromatic rings. The minimum Gasteiger partial charge on any atom is -0.390 e. The number of carbonyl (C=O) groups excluding carboxylic acids is 7. The van der Waals surface area contributed by atoms with E-state index in [0.717, 1.165) is 4.90 Å². The summed E-state index contributed by atoms with van der Waals surface area (Å²) in [6.07, 6.45) is 4.36. The van der Waals surface area contributed by atoms with Crippen LogP contribution < -0.4 is 16.8 Å². The first kappa shape index (κ1) is 59.3. The Bertz CT molecular complexity index is 1510. The summed E-state index contributed by atoms with van der Waals surface area (Å²) in [5.41, 5.74) is 11.5. The van der Waals surface area contributed by atoms with Crippen molar-refractivity contribution in [1.82, 2.24) is 29.8 Å². The quantitative estimate of drug-likeness (QED) is 0.0634. The van der Waals surface area contributed by atoms with Crippen molar-refractivity contribution in [2.45, 2.75) is 157 Å². The summed E-state index contributed by atoms with van der Waals surface area (Å²) >= 11 is 1.36. The molecular formula is C46H86N8O8S. The predicted octanol–water partition coefficient (Wildman–Crippen LogP) is 3.34. The molecule has 0 heterocycles. The number of nitrogens with one attached hydrogen (secondary N) is 1. The fraction of sp³-hybridized carbons (Fsp3) is 0.804. The van der Waals surface area contributed by atoms with Gasteiger partial charge in [-0.3, -0.25) is 33.6 Å². The van der Waals surface area contributed by atoms with Crippen molar-refractivity contribution in [3.63, 3.8) is 0 Å². The van der Waals surface area contributed by atoms with Crippen molar-refractivity contribution in [1.29, 1.82) is 0 Å². The standard InChI is InChI=1S/C46H86N8O8S/c1-17-19-20-32(11)40(56)39(54(16)46(62)38(31(9)10)53(15)44(60)35(26-30(7)8)50(12)37(55)22-21-28(3)4)42(58)49-33(18-2)43(59)52(14)36(27-63-24-23-47)45(61)51(13)34(41(48)57)25-29(5)6/h17,19,28-36,38-40,56H,18,20-27,47H2,1-16H3,(H2,48,57)(H,49,58)/b19-17+/t32-,33+,34+,35+,36-,38+,39+,40-/m1/s1. The molecule has 0 aliphatic heterocycles. The highest BCUT2D eigenvalue weighted by atomic mass is 32.2. The molecule has 17 heteroatoms. The number of hydrogen-bond donors (Lipinski definition) is 4. The number of amides is 7. The maximum Gasteiger partial charge on any atom is 0.246 e. The Morgan fingerprint density at radius 2 is 1.19 bits per heavy atom. The van der Waals surface area contributed by atoms with E-state index in [2.05, 4.69) is 5.32 Å². The highest BCUT2D eigenvalue weighted by molar-refractivity contribution is 7.99. The monoisotopic (exact) mass is 911 g/mol. The average molecular weight is 911 g/mol. The Labute approximate surface area is 384 Å². The third kappa shape index (κ3) is 18.4. The van der Waals surface area contributed by atoms with Crippen LogP contribution in [0, 0.1) is 29.6 Å². The first-order chi connectivity index (χ1) is 29.2. The first-order valence-corrected chi connectivity index (χ1v) is 23.9. The number of rotatable bonds is 29. The molecule has 7 amide bonds. The summed E-state index contributed by atoms with van der Waals surface area (Å²) in [6, 6.07) is -6.57. The van der Waals surface area contributed by atoms with E-state index in [1.165, 1.54) is 59.6 Å². The van der Waals surface area contributed by atoms with Gasteiger partial charge in [0, 0.05) is 59.7 Å². The molecule has 0 fully saturated rings. The normalized spacial score (nSPS) is 15.7. The van der Waals surface area contributed by atoms with Crippen LogP contribution in [0.5, 0.6) is 0 Å². The summed E-state index contributed by atoms with van der Waals surface area (Å²) in [5.74, 6) is -3.68. The highest BCUT2D eigenvalue weighted by Crippen LogP contribution is 2.24. The minimum atomic E-state index is -1.50. The number of carbonyl (C=O) groups is 7. The Hall–Kier alpha value is -3.70. The number of aliphatic hydroxyl groups excluding tert-OH is 1. The van der Waals surface area contributed by atoms with Crippen molar-refractivity contribution < 1.29 is 38.7 Å². The lowest BCUT2D eigenvalue weighted by molar-refractivity contribution is -0.156. The van der Waals surface area contributed by atoms with Gasteiger partial charge in [0.05, 0.1) is 6.10 Å². The van der Waals surface area contributed by atoms with E-state index < -0.39 is 89.6 Å². The average Bonchev–Trinajstić information content (AvgIpc) is 3.21. The minimum absolute atomic E-state index is 0.0474. The maximum absolute atomic E-state index is 14.7. The van der Waals surface area contributed by atoms with Crippen LogP contribution in [0.1, 0.15) is 115 Å². The Kier molecular flexibility index (Phi) is 27.3. The van der Waals surface area contributed by atoms with Gasteiger partial charge in [-0.15, -0.1) is 0 Å². The van der Waals surface area contributed by atoms with Crippen LogP contribution in [0.2, 0.25) is 0 Å². The van der Waals surface area contributed by atoms with Crippen molar-refractivity contribution in [3.8, 4) is 0 Å². The van der Waals surface area contributed by atoms with E-state index in [0.29, 0.717) is 43.9 Å². The van der Waals surface area contributed by atoms with Gasteiger partial charge in [0.2, 0.25) is 41.4 Å². The van der Waals surface area contributed by atoms with E-state index in [-0.39, 0.29) is 36.3 Å². The molecule has 63 heavy (non-hydrogen) atoms. The van der Waals surface area contributed by atoms with Gasteiger partial charge in [-0.25, -0.2) is 0 Å². The zero-order valence-electron chi connectivity index (χ0n) is 41.6. The summed E-state index contributed by atoms with van der Waals surface area (Å²) < 4.78 is 0. The fourth-order valence-electron chi connectivity index (χ4n) is 7.53. The number of primary amides is 1. The third-order valence-electron chi connectivity index (χ3n) is 11.6. The molecule has 0 bridgehead atoms. The van der Waals surface area contributed by atoms with Gasteiger partial charge in [0.15, 0.2) is 0 Å². The summed E-state index contributed by atoms with van der Waals surface area (Å²) in [7, 11) is 7.49. The van der Waals surface area contributed by atoms with Gasteiger partial charge in [0.25, 0.3) is 0 Å². The number of nitrogens with zero attached hydrogens (tertiary/aromatic N) is 5. The smallest absolute Gasteiger partial charge is 0.246 e. The molecule has 0 saturated carbocycles. The van der Waals surface area contributed by atoms with E-state index in [4.69, 9.17) is 11.5 Å². The molecule has 6 N–H and O–H groups in total. The first-order valence-electron chi connectivity index (χ1n) is 22.7. The van der Waals surface area contributed by atoms with Gasteiger partial charge in [-0.2, -0.15) is 11.8 Å². The van der Waals surface area contributed by atoms with E-state index in [1.807, 2.05) is 60.6 Å². The van der Waals surface area contributed by atoms with Crippen LogP contribution in [-0.4, -0.2) is 167 Å². The summed E-state index contributed by atoms with van der Waals surface area (Å²) in [6.45, 7) is 21.0. The second kappa shape index (κ2) is 29.0. The predicted molar refractivity (Wildman–Crippen MR) is 253 cm³/mol. The lowest BCUT2D eigenvalue weighted by Gasteiger charge is -2.41. The molecule has 0 aliphatic rings. The van der Waals surface area contributed by atoms with Crippen molar-refractivity contribution in [3.05, 3.63) is 12.2 Å². The molecule has 0 rings (SSSR count). The summed E-state index contributed by atoms with van der Waals surface area (Å²) in [5, 5.41) is 14.7.